The van der Waals surface area contributed by atoms with E-state index in [-0.39, 0.29) is 11.9 Å². The fourth-order valence-electron chi connectivity index (χ4n) is 4.42. The van der Waals surface area contributed by atoms with E-state index in [2.05, 4.69) is 24.1 Å². The van der Waals surface area contributed by atoms with Crippen molar-refractivity contribution in [1.82, 2.24) is 15.1 Å². The van der Waals surface area contributed by atoms with Gasteiger partial charge in [-0.3, -0.25) is 14.0 Å². The lowest BCUT2D eigenvalue weighted by Crippen LogP contribution is -2.50. The van der Waals surface area contributed by atoms with E-state index in [1.165, 1.54) is 10.6 Å². The van der Waals surface area contributed by atoms with Crippen LogP contribution >= 0.6 is 11.6 Å². The van der Waals surface area contributed by atoms with Crippen LogP contribution in [-0.4, -0.2) is 75.2 Å². The van der Waals surface area contributed by atoms with Gasteiger partial charge in [-0.05, 0) is 57.4 Å². The Morgan fingerprint density at radius 1 is 1.13 bits per heavy atom. The number of nitrogens with one attached hydrogen (secondary N) is 1. The second kappa shape index (κ2) is 10.5. The van der Waals surface area contributed by atoms with Crippen LogP contribution < -0.4 is 9.62 Å². The fourth-order valence-corrected chi connectivity index (χ4v) is 5.57. The van der Waals surface area contributed by atoms with Gasteiger partial charge in [0.05, 0.1) is 18.0 Å². The van der Waals surface area contributed by atoms with Crippen LogP contribution in [0.1, 0.15) is 45.1 Å². The van der Waals surface area contributed by atoms with Crippen LogP contribution in [0.15, 0.2) is 18.2 Å². The minimum absolute atomic E-state index is 0.0921. The quantitative estimate of drug-likeness (QED) is 0.735. The number of amides is 1. The maximum atomic E-state index is 13.4. The maximum absolute atomic E-state index is 13.4. The van der Waals surface area contributed by atoms with E-state index < -0.39 is 10.0 Å². The number of carbonyl (C=O) groups is 1. The van der Waals surface area contributed by atoms with Crippen LogP contribution in [0.2, 0.25) is 5.02 Å². The second-order valence-corrected chi connectivity index (χ2v) is 11.2. The van der Waals surface area contributed by atoms with Gasteiger partial charge in [0.2, 0.25) is 15.9 Å². The number of carbonyl (C=O) groups excluding carboxylic acids is 1. The summed E-state index contributed by atoms with van der Waals surface area (Å²) in [7, 11) is -3.49. The van der Waals surface area contributed by atoms with Crippen LogP contribution in [0.25, 0.3) is 0 Å². The van der Waals surface area contributed by atoms with Crippen molar-refractivity contribution < 1.29 is 13.2 Å². The summed E-state index contributed by atoms with van der Waals surface area (Å²) in [6.45, 7) is 8.01. The molecule has 0 aromatic heterocycles. The van der Waals surface area contributed by atoms with Crippen molar-refractivity contribution in [2.75, 3.05) is 43.3 Å². The van der Waals surface area contributed by atoms with Gasteiger partial charge in [0, 0.05) is 43.8 Å². The first-order valence-corrected chi connectivity index (χ1v) is 13.4. The van der Waals surface area contributed by atoms with Crippen molar-refractivity contribution in [2.45, 2.75) is 58.2 Å². The van der Waals surface area contributed by atoms with E-state index >= 15 is 0 Å². The lowest BCUT2D eigenvalue weighted by Gasteiger charge is -2.33. The molecule has 0 radical (unpaired) electrons. The molecule has 1 atom stereocenters. The van der Waals surface area contributed by atoms with Gasteiger partial charge < -0.3 is 10.2 Å². The largest absolute Gasteiger partial charge is 0.336 e. The molecule has 1 aromatic carbocycles. The lowest BCUT2D eigenvalue weighted by atomic mass is 10.0. The van der Waals surface area contributed by atoms with E-state index in [1.54, 1.807) is 12.1 Å². The molecular formula is C22H35ClN4O3S. The molecule has 174 valence electrons. The Morgan fingerprint density at radius 2 is 1.90 bits per heavy atom. The third-order valence-electron chi connectivity index (χ3n) is 6.19. The maximum Gasteiger partial charge on any atom is 0.240 e. The summed E-state index contributed by atoms with van der Waals surface area (Å²) in [5, 5.41) is 3.84. The van der Waals surface area contributed by atoms with Crippen molar-refractivity contribution in [1.29, 1.82) is 0 Å². The second-order valence-electron chi connectivity index (χ2n) is 8.85. The summed E-state index contributed by atoms with van der Waals surface area (Å²) >= 11 is 6.26. The number of anilines is 1. The lowest BCUT2D eigenvalue weighted by molar-refractivity contribution is -0.135. The molecule has 0 bridgehead atoms. The van der Waals surface area contributed by atoms with Crippen molar-refractivity contribution in [2.24, 2.45) is 0 Å². The van der Waals surface area contributed by atoms with Crippen molar-refractivity contribution in [3.63, 3.8) is 0 Å². The van der Waals surface area contributed by atoms with Crippen LogP contribution in [-0.2, 0) is 21.4 Å². The number of hydrogen-bond acceptors (Lipinski definition) is 5. The Bertz CT molecular complexity index is 872. The van der Waals surface area contributed by atoms with Gasteiger partial charge in [0.15, 0.2) is 0 Å². The van der Waals surface area contributed by atoms with Gasteiger partial charge in [-0.25, -0.2) is 8.42 Å². The summed E-state index contributed by atoms with van der Waals surface area (Å²) in [4.78, 5) is 17.6. The Labute approximate surface area is 191 Å². The normalized spacial score (nSPS) is 22.2. The zero-order valence-corrected chi connectivity index (χ0v) is 20.4. The molecule has 7 nitrogen and oxygen atoms in total. The molecule has 1 N–H and O–H groups in total. The van der Waals surface area contributed by atoms with Gasteiger partial charge in [0.1, 0.15) is 0 Å². The summed E-state index contributed by atoms with van der Waals surface area (Å²) in [5.41, 5.74) is 1.37. The van der Waals surface area contributed by atoms with Gasteiger partial charge >= 0.3 is 0 Å². The monoisotopic (exact) mass is 470 g/mol. The first-order chi connectivity index (χ1) is 14.7. The molecule has 31 heavy (non-hydrogen) atoms. The molecule has 0 spiro atoms. The number of piperidine rings is 1. The molecule has 3 rings (SSSR count). The highest BCUT2D eigenvalue weighted by Gasteiger charge is 2.29. The van der Waals surface area contributed by atoms with E-state index in [9.17, 15) is 13.2 Å². The molecule has 1 aromatic rings. The number of hydrogen-bond donors (Lipinski definition) is 1. The minimum Gasteiger partial charge on any atom is -0.336 e. The molecule has 2 aliphatic rings. The summed E-state index contributed by atoms with van der Waals surface area (Å²) in [6, 6.07) is 5.46. The van der Waals surface area contributed by atoms with Crippen molar-refractivity contribution in [3.8, 4) is 0 Å². The third kappa shape index (κ3) is 6.34. The molecule has 1 fully saturated rings. The number of rotatable bonds is 3. The molecule has 0 unspecified atom stereocenters. The predicted molar refractivity (Wildman–Crippen MR) is 126 cm³/mol. The number of sulfonamides is 1. The number of benzene rings is 1. The highest BCUT2D eigenvalue weighted by molar-refractivity contribution is 7.92. The van der Waals surface area contributed by atoms with Crippen molar-refractivity contribution in [3.05, 3.63) is 28.8 Å². The Kier molecular flexibility index (Phi) is 8.24. The summed E-state index contributed by atoms with van der Waals surface area (Å²) < 4.78 is 26.8. The molecule has 0 aliphatic carbocycles. The third-order valence-corrected chi connectivity index (χ3v) is 7.61. The first-order valence-electron chi connectivity index (χ1n) is 11.2. The molecule has 1 saturated heterocycles. The number of halogens is 1. The molecule has 0 saturated carbocycles. The topological polar surface area (TPSA) is 73.0 Å². The zero-order chi connectivity index (χ0) is 22.6. The highest BCUT2D eigenvalue weighted by Crippen LogP contribution is 2.29. The van der Waals surface area contributed by atoms with E-state index in [4.69, 9.17) is 11.6 Å². The highest BCUT2D eigenvalue weighted by atomic mass is 35.5. The van der Waals surface area contributed by atoms with Gasteiger partial charge in [0.25, 0.3) is 0 Å². The fraction of sp³-hybridized carbons (Fsp3) is 0.682. The number of nitrogens with zero attached hydrogens (tertiary/aromatic N) is 3. The predicted octanol–water partition coefficient (Wildman–Crippen LogP) is 2.69. The van der Waals surface area contributed by atoms with Gasteiger partial charge in [-0.15, -0.1) is 0 Å². The van der Waals surface area contributed by atoms with E-state index in [0.29, 0.717) is 42.8 Å². The van der Waals surface area contributed by atoms with E-state index in [0.717, 1.165) is 44.5 Å². The first kappa shape index (κ1) is 24.3. The van der Waals surface area contributed by atoms with Crippen molar-refractivity contribution >= 4 is 33.2 Å². The zero-order valence-electron chi connectivity index (χ0n) is 18.8. The Balaban J connectivity index is 1.99. The standard InChI is InChI=1S/C22H35ClN4O3S/c1-17(2)25-11-6-12-27(31(3,29)30)21-15-19(23)9-8-18(21)16-26(14-13-25)22(28)20-7-4-5-10-24-20/h8-9,15,17,20,24H,4-7,10-14,16H2,1-3H3/t20-/m0/s1. The van der Waals surface area contributed by atoms with Crippen LogP contribution in [0.3, 0.4) is 0 Å². The minimum atomic E-state index is -3.49. The Hall–Kier alpha value is -1.35. The molecular weight excluding hydrogens is 436 g/mol. The molecule has 2 aliphatic heterocycles. The van der Waals surface area contributed by atoms with Gasteiger partial charge in [-0.1, -0.05) is 24.1 Å². The average molecular weight is 471 g/mol. The van der Waals surface area contributed by atoms with Crippen LogP contribution in [0.5, 0.6) is 0 Å². The summed E-state index contributed by atoms with van der Waals surface area (Å²) in [6.07, 6.45) is 4.91. The molecule has 9 heteroatoms. The Morgan fingerprint density at radius 3 is 2.55 bits per heavy atom. The van der Waals surface area contributed by atoms with Gasteiger partial charge in [-0.2, -0.15) is 0 Å². The molecule has 1 amide bonds. The summed E-state index contributed by atoms with van der Waals surface area (Å²) in [5.74, 6) is 0.0921. The number of fused-ring (bicyclic) bond motifs is 1. The van der Waals surface area contributed by atoms with Crippen LogP contribution in [0, 0.1) is 0 Å². The van der Waals surface area contributed by atoms with E-state index in [1.807, 2.05) is 11.0 Å². The van der Waals surface area contributed by atoms with Crippen LogP contribution in [0.4, 0.5) is 5.69 Å². The smallest absolute Gasteiger partial charge is 0.240 e. The average Bonchev–Trinajstić information content (AvgIpc) is 2.75. The molecule has 2 heterocycles. The SMILES string of the molecule is CC(C)N1CCCN(S(C)(=O)=O)c2cc(Cl)ccc2CN(C(=O)[C@@H]2CCCCN2)CC1.